The molecule has 21 heavy (non-hydrogen) atoms. The first-order chi connectivity index (χ1) is 10.2. The molecule has 0 aliphatic heterocycles. The van der Waals surface area contributed by atoms with Gasteiger partial charge in [0.05, 0.1) is 0 Å². The number of nitrogens with two attached hydrogens (primary N) is 2. The lowest BCUT2D eigenvalue weighted by Gasteiger charge is -2.27. The van der Waals surface area contributed by atoms with Gasteiger partial charge in [0.2, 0.25) is 0 Å². The number of hydrogen-bond acceptors (Lipinski definition) is 3. The van der Waals surface area contributed by atoms with Crippen molar-refractivity contribution >= 4 is 0 Å². The van der Waals surface area contributed by atoms with Gasteiger partial charge in [0.25, 0.3) is 0 Å². The van der Waals surface area contributed by atoms with Crippen molar-refractivity contribution in [2.24, 2.45) is 17.4 Å². The minimum Gasteiger partial charge on any atom is -0.330 e. The van der Waals surface area contributed by atoms with Gasteiger partial charge in [0.1, 0.15) is 0 Å². The fraction of sp³-hybridized carbons (Fsp3) is 0.667. The molecule has 120 valence electrons. The van der Waals surface area contributed by atoms with Crippen LogP contribution in [-0.2, 0) is 13.0 Å². The van der Waals surface area contributed by atoms with Crippen molar-refractivity contribution in [1.82, 2.24) is 4.90 Å². The molecule has 0 radical (unpaired) electrons. The molecule has 0 bridgehead atoms. The third-order valence-corrected chi connectivity index (χ3v) is 3.95. The van der Waals surface area contributed by atoms with Gasteiger partial charge in [-0.2, -0.15) is 0 Å². The van der Waals surface area contributed by atoms with E-state index < -0.39 is 0 Å². The number of hydrogen-bond donors (Lipinski definition) is 2. The minimum absolute atomic E-state index is 0.618. The highest BCUT2D eigenvalue weighted by molar-refractivity contribution is 5.22. The second-order valence-corrected chi connectivity index (χ2v) is 5.97. The Bertz CT molecular complexity index is 355. The summed E-state index contributed by atoms with van der Waals surface area (Å²) in [6, 6.07) is 8.72. The molecule has 0 saturated carbocycles. The molecule has 3 nitrogen and oxygen atoms in total. The highest BCUT2D eigenvalue weighted by Gasteiger charge is 2.13. The lowest BCUT2D eigenvalue weighted by atomic mass is 9.94. The first kappa shape index (κ1) is 18.1. The zero-order valence-electron chi connectivity index (χ0n) is 13.9. The molecule has 0 amide bonds. The Hall–Kier alpha value is -0.900. The van der Waals surface area contributed by atoms with Crippen LogP contribution in [0.1, 0.15) is 44.2 Å². The lowest BCUT2D eigenvalue weighted by molar-refractivity contribution is 0.224. The van der Waals surface area contributed by atoms with E-state index in [4.69, 9.17) is 11.5 Å². The van der Waals surface area contributed by atoms with Gasteiger partial charge in [-0.15, -0.1) is 0 Å². The van der Waals surface area contributed by atoms with Crippen LogP contribution in [0.2, 0.25) is 0 Å². The van der Waals surface area contributed by atoms with Crippen molar-refractivity contribution in [3.8, 4) is 0 Å². The van der Waals surface area contributed by atoms with Crippen molar-refractivity contribution in [1.29, 1.82) is 0 Å². The summed E-state index contributed by atoms with van der Waals surface area (Å²) in [7, 11) is 0. The molecule has 0 aliphatic rings. The van der Waals surface area contributed by atoms with E-state index in [1.165, 1.54) is 37.1 Å². The minimum atomic E-state index is 0.618. The second kappa shape index (κ2) is 10.8. The average molecular weight is 291 g/mol. The molecule has 4 N–H and O–H groups in total. The molecule has 0 saturated heterocycles. The second-order valence-electron chi connectivity index (χ2n) is 5.97. The molecule has 0 fully saturated rings. The van der Waals surface area contributed by atoms with Gasteiger partial charge < -0.3 is 16.4 Å². The summed E-state index contributed by atoms with van der Waals surface area (Å²) in [5.74, 6) is 0.650. The molecule has 1 rings (SSSR count). The predicted octanol–water partition coefficient (Wildman–Crippen LogP) is 2.77. The van der Waals surface area contributed by atoms with E-state index >= 15 is 0 Å². The Morgan fingerprint density at radius 2 is 1.52 bits per heavy atom. The fourth-order valence-corrected chi connectivity index (χ4v) is 2.93. The van der Waals surface area contributed by atoms with Crippen LogP contribution in [0.15, 0.2) is 24.3 Å². The molecule has 0 heterocycles. The van der Waals surface area contributed by atoms with Crippen LogP contribution in [0, 0.1) is 5.92 Å². The van der Waals surface area contributed by atoms with Crippen LogP contribution in [0.5, 0.6) is 0 Å². The van der Waals surface area contributed by atoms with Crippen molar-refractivity contribution in [2.45, 2.75) is 46.1 Å². The van der Waals surface area contributed by atoms with Gasteiger partial charge in [-0.3, -0.25) is 0 Å². The Labute approximate surface area is 130 Å². The van der Waals surface area contributed by atoms with E-state index in [0.717, 1.165) is 25.9 Å². The van der Waals surface area contributed by atoms with Crippen molar-refractivity contribution in [3.63, 3.8) is 0 Å². The summed E-state index contributed by atoms with van der Waals surface area (Å²) < 4.78 is 0. The van der Waals surface area contributed by atoms with Crippen LogP contribution < -0.4 is 11.5 Å². The fourth-order valence-electron chi connectivity index (χ4n) is 2.93. The predicted molar refractivity (Wildman–Crippen MR) is 92.2 cm³/mol. The van der Waals surface area contributed by atoms with Crippen molar-refractivity contribution in [2.75, 3.05) is 26.2 Å². The first-order valence-corrected chi connectivity index (χ1v) is 8.43. The SMILES string of the molecule is CCCN(CCC)CC(CCN)Cc1ccc(CN)cc1. The summed E-state index contributed by atoms with van der Waals surface area (Å²) in [5.41, 5.74) is 14.1. The summed E-state index contributed by atoms with van der Waals surface area (Å²) in [5, 5.41) is 0. The quantitative estimate of drug-likeness (QED) is 0.659. The maximum atomic E-state index is 5.82. The van der Waals surface area contributed by atoms with E-state index in [1.54, 1.807) is 0 Å². The Morgan fingerprint density at radius 1 is 0.952 bits per heavy atom. The van der Waals surface area contributed by atoms with Gasteiger partial charge >= 0.3 is 0 Å². The van der Waals surface area contributed by atoms with Gasteiger partial charge in [0, 0.05) is 13.1 Å². The highest BCUT2D eigenvalue weighted by Crippen LogP contribution is 2.15. The molecule has 1 aromatic rings. The Morgan fingerprint density at radius 3 is 2.00 bits per heavy atom. The third kappa shape index (κ3) is 7.07. The van der Waals surface area contributed by atoms with E-state index in [2.05, 4.69) is 43.0 Å². The monoisotopic (exact) mass is 291 g/mol. The van der Waals surface area contributed by atoms with Gasteiger partial charge in [-0.1, -0.05) is 38.1 Å². The summed E-state index contributed by atoms with van der Waals surface area (Å²) in [4.78, 5) is 2.59. The summed E-state index contributed by atoms with van der Waals surface area (Å²) in [6.45, 7) is 9.46. The third-order valence-electron chi connectivity index (χ3n) is 3.95. The molecule has 0 aliphatic carbocycles. The van der Waals surface area contributed by atoms with Crippen molar-refractivity contribution < 1.29 is 0 Å². The molecule has 0 spiro atoms. The standard InChI is InChI=1S/C18H33N3/c1-3-11-21(12-4-2)15-18(9-10-19)13-16-5-7-17(14-20)8-6-16/h5-8,18H,3-4,9-15,19-20H2,1-2H3. The maximum Gasteiger partial charge on any atom is 0.0178 e. The first-order valence-electron chi connectivity index (χ1n) is 8.43. The molecular formula is C18H33N3. The molecule has 1 aromatic carbocycles. The average Bonchev–Trinajstić information content (AvgIpc) is 2.49. The van der Waals surface area contributed by atoms with E-state index in [9.17, 15) is 0 Å². The van der Waals surface area contributed by atoms with Crippen LogP contribution in [0.3, 0.4) is 0 Å². The zero-order valence-corrected chi connectivity index (χ0v) is 13.9. The number of rotatable bonds is 11. The molecule has 1 unspecified atom stereocenters. The van der Waals surface area contributed by atoms with E-state index in [-0.39, 0.29) is 0 Å². The normalized spacial score (nSPS) is 12.8. The van der Waals surface area contributed by atoms with E-state index in [0.29, 0.717) is 12.5 Å². The molecule has 3 heteroatoms. The van der Waals surface area contributed by atoms with Crippen LogP contribution in [0.25, 0.3) is 0 Å². The number of benzene rings is 1. The van der Waals surface area contributed by atoms with E-state index in [1.807, 2.05) is 0 Å². The zero-order chi connectivity index (χ0) is 15.5. The van der Waals surface area contributed by atoms with Crippen LogP contribution >= 0.6 is 0 Å². The Kier molecular flexibility index (Phi) is 9.31. The van der Waals surface area contributed by atoms with Gasteiger partial charge in [0.15, 0.2) is 0 Å². The van der Waals surface area contributed by atoms with Crippen molar-refractivity contribution in [3.05, 3.63) is 35.4 Å². The van der Waals surface area contributed by atoms with Gasteiger partial charge in [-0.05, 0) is 62.4 Å². The molecule has 0 aromatic heterocycles. The molecule has 1 atom stereocenters. The topological polar surface area (TPSA) is 55.3 Å². The Balaban J connectivity index is 2.61. The van der Waals surface area contributed by atoms with Gasteiger partial charge in [-0.25, -0.2) is 0 Å². The number of nitrogens with zero attached hydrogens (tertiary/aromatic N) is 1. The highest BCUT2D eigenvalue weighted by atomic mass is 15.1. The summed E-state index contributed by atoms with van der Waals surface area (Å²) in [6.07, 6.45) is 4.66. The van der Waals surface area contributed by atoms with Crippen LogP contribution in [0.4, 0.5) is 0 Å². The smallest absolute Gasteiger partial charge is 0.0178 e. The molecular weight excluding hydrogens is 258 g/mol. The van der Waals surface area contributed by atoms with Crippen LogP contribution in [-0.4, -0.2) is 31.1 Å². The summed E-state index contributed by atoms with van der Waals surface area (Å²) >= 11 is 0. The maximum absolute atomic E-state index is 5.82. The lowest BCUT2D eigenvalue weighted by Crippen LogP contribution is -2.33. The largest absolute Gasteiger partial charge is 0.330 e.